The number of likely N-dealkylation sites (tertiary alicyclic amines) is 1. The van der Waals surface area contributed by atoms with Gasteiger partial charge in [-0.25, -0.2) is 9.19 Å². The highest BCUT2D eigenvalue weighted by Crippen LogP contribution is 2.22. The highest BCUT2D eigenvalue weighted by atomic mass is 32.3. The normalized spacial score (nSPS) is 17.7. The number of sulfonamides is 1. The Hall–Kier alpha value is -2.47. The Kier molecular flexibility index (Phi) is 5.94. The highest BCUT2D eigenvalue weighted by Gasteiger charge is 2.30. The van der Waals surface area contributed by atoms with Gasteiger partial charge in [-0.05, 0) is 18.9 Å². The van der Waals surface area contributed by atoms with Crippen molar-refractivity contribution in [2.75, 3.05) is 19.3 Å². The van der Waals surface area contributed by atoms with Gasteiger partial charge >= 0.3 is 10.0 Å². The van der Waals surface area contributed by atoms with Crippen LogP contribution < -0.4 is 5.56 Å². The van der Waals surface area contributed by atoms with Crippen LogP contribution in [0.2, 0.25) is 0 Å². The van der Waals surface area contributed by atoms with Gasteiger partial charge in [0.05, 0.1) is 16.1 Å². The van der Waals surface area contributed by atoms with Crippen LogP contribution >= 0.6 is 0 Å². The summed E-state index contributed by atoms with van der Waals surface area (Å²) in [6.45, 7) is 0.592. The van der Waals surface area contributed by atoms with Crippen LogP contribution in [0, 0.1) is 0 Å². The molecule has 0 N–H and O–H groups in total. The summed E-state index contributed by atoms with van der Waals surface area (Å²) in [7, 11) is -5.54. The van der Waals surface area contributed by atoms with Gasteiger partial charge in [0.15, 0.2) is 5.03 Å². The van der Waals surface area contributed by atoms with Crippen LogP contribution in [0.4, 0.5) is 0 Å². The number of rotatable bonds is 5. The van der Waals surface area contributed by atoms with Crippen molar-refractivity contribution < 1.29 is 17.4 Å². The second-order valence-electron chi connectivity index (χ2n) is 7.04. The molecular weight excluding hydrogens is 418 g/mol. The Morgan fingerprint density at radius 1 is 1.24 bits per heavy atom. The molecule has 1 fully saturated rings. The predicted octanol–water partition coefficient (Wildman–Crippen LogP) is 0.0595. The molecule has 0 bridgehead atoms. The quantitative estimate of drug-likeness (QED) is 0.646. The average Bonchev–Trinajstić information content (AvgIpc) is 3.10. The minimum Gasteiger partial charge on any atom is -0.341 e. The summed E-state index contributed by atoms with van der Waals surface area (Å²) in [5, 5.41) is -0.694. The average molecular weight is 442 g/mol. The second kappa shape index (κ2) is 8.11. The number of nitrogens with zero attached hydrogens (tertiary/aromatic N) is 5. The van der Waals surface area contributed by atoms with E-state index in [1.165, 1.54) is 34.0 Å². The molecule has 0 aliphatic carbocycles. The number of carbonyl (C=O) groups is 1. The molecule has 2 aromatic heterocycles. The first-order valence-electron chi connectivity index (χ1n) is 8.97. The first-order valence-corrected chi connectivity index (χ1v) is 12.4. The zero-order valence-corrected chi connectivity index (χ0v) is 17.8. The maximum Gasteiger partial charge on any atom is 0.309 e. The zero-order chi connectivity index (χ0) is 21.2. The number of carbonyl (C=O) groups excluding carboxylic acids is 1. The van der Waals surface area contributed by atoms with Crippen LogP contribution in [0.25, 0.3) is 0 Å². The number of imidazole rings is 1. The van der Waals surface area contributed by atoms with Gasteiger partial charge in [0.1, 0.15) is 6.54 Å². The van der Waals surface area contributed by atoms with Crippen molar-refractivity contribution >= 4 is 25.7 Å². The molecule has 1 unspecified atom stereocenters. The standard InChI is InChI=1S/C17H23N5O5S2/c1-20-11-15(18-13-20)29(26,27)19-28(2,25)14-6-9-21(10-7-14)17(24)12-22-8-4-3-5-16(22)23/h3-5,8,11,13-14H,6-7,9-10,12H2,1-2H3. The molecule has 3 rings (SSSR count). The highest BCUT2D eigenvalue weighted by molar-refractivity contribution is 8.03. The molecule has 0 radical (unpaired) electrons. The molecule has 3 heterocycles. The molecule has 12 heteroatoms. The van der Waals surface area contributed by atoms with Gasteiger partial charge in [-0.1, -0.05) is 6.07 Å². The van der Waals surface area contributed by atoms with Crippen LogP contribution in [-0.2, 0) is 38.1 Å². The van der Waals surface area contributed by atoms with Crippen LogP contribution in [0.5, 0.6) is 0 Å². The van der Waals surface area contributed by atoms with E-state index >= 15 is 0 Å². The van der Waals surface area contributed by atoms with Gasteiger partial charge in [0, 0.05) is 50.1 Å². The summed E-state index contributed by atoms with van der Waals surface area (Å²) in [4.78, 5) is 29.6. The number of hydrogen-bond donors (Lipinski definition) is 0. The van der Waals surface area contributed by atoms with Crippen LogP contribution in [0.15, 0.2) is 50.5 Å². The molecule has 0 spiro atoms. The lowest BCUT2D eigenvalue weighted by Crippen LogP contribution is -2.44. The van der Waals surface area contributed by atoms with Gasteiger partial charge in [0.2, 0.25) is 5.91 Å². The molecule has 1 saturated heterocycles. The summed E-state index contributed by atoms with van der Waals surface area (Å²) in [6, 6.07) is 4.67. The van der Waals surface area contributed by atoms with Crippen molar-refractivity contribution in [3.8, 4) is 0 Å². The van der Waals surface area contributed by atoms with Gasteiger partial charge in [-0.15, -0.1) is 3.77 Å². The second-order valence-corrected chi connectivity index (χ2v) is 11.4. The van der Waals surface area contributed by atoms with E-state index in [-0.39, 0.29) is 23.0 Å². The lowest BCUT2D eigenvalue weighted by atomic mass is 10.1. The molecule has 1 aliphatic heterocycles. The molecule has 10 nitrogen and oxygen atoms in total. The van der Waals surface area contributed by atoms with Gasteiger partial charge in [-0.3, -0.25) is 9.59 Å². The molecule has 2 aromatic rings. The van der Waals surface area contributed by atoms with Crippen LogP contribution in [-0.4, -0.2) is 62.1 Å². The third-order valence-corrected chi connectivity index (χ3v) is 9.23. The monoisotopic (exact) mass is 441 g/mol. The molecule has 29 heavy (non-hydrogen) atoms. The maximum atomic E-state index is 13.0. The third-order valence-electron chi connectivity index (χ3n) is 4.81. The van der Waals surface area contributed by atoms with E-state index in [0.29, 0.717) is 25.9 Å². The van der Waals surface area contributed by atoms with Crippen LogP contribution in [0.1, 0.15) is 12.8 Å². The van der Waals surface area contributed by atoms with Crippen molar-refractivity contribution in [3.63, 3.8) is 0 Å². The lowest BCUT2D eigenvalue weighted by molar-refractivity contribution is -0.132. The van der Waals surface area contributed by atoms with E-state index in [9.17, 15) is 22.2 Å². The Morgan fingerprint density at radius 3 is 2.52 bits per heavy atom. The molecule has 1 atom stereocenters. The van der Waals surface area contributed by atoms with Crippen molar-refractivity contribution in [2.24, 2.45) is 10.8 Å². The SMILES string of the molecule is Cn1cnc(S(=O)(=O)N=S(C)(=O)C2CCN(C(=O)Cn3ccccc3=O)CC2)c1. The first kappa shape index (κ1) is 21.2. The predicted molar refractivity (Wildman–Crippen MR) is 107 cm³/mol. The van der Waals surface area contributed by atoms with Gasteiger partial charge in [0.25, 0.3) is 5.56 Å². The number of amides is 1. The Labute approximate surface area is 169 Å². The van der Waals surface area contributed by atoms with E-state index in [1.807, 2.05) is 0 Å². The van der Waals surface area contributed by atoms with Crippen LogP contribution in [0.3, 0.4) is 0 Å². The Balaban J connectivity index is 1.68. The summed E-state index contributed by atoms with van der Waals surface area (Å²) in [5.41, 5.74) is -0.258. The van der Waals surface area contributed by atoms with Crippen molar-refractivity contribution in [1.29, 1.82) is 0 Å². The third kappa shape index (κ3) is 4.93. The largest absolute Gasteiger partial charge is 0.341 e. The van der Waals surface area contributed by atoms with E-state index in [2.05, 4.69) is 8.75 Å². The first-order chi connectivity index (χ1) is 13.6. The fraction of sp³-hybridized carbons (Fsp3) is 0.471. The van der Waals surface area contributed by atoms with Crippen molar-refractivity contribution in [1.82, 2.24) is 19.0 Å². The number of aryl methyl sites for hydroxylation is 1. The van der Waals surface area contributed by atoms with Crippen molar-refractivity contribution in [2.45, 2.75) is 29.7 Å². The summed E-state index contributed by atoms with van der Waals surface area (Å²) in [5.74, 6) is -0.211. The Bertz CT molecular complexity index is 1180. The number of piperidine rings is 1. The smallest absolute Gasteiger partial charge is 0.309 e. The van der Waals surface area contributed by atoms with E-state index in [1.54, 1.807) is 30.3 Å². The number of pyridine rings is 1. The van der Waals surface area contributed by atoms with Gasteiger partial charge < -0.3 is 14.0 Å². The summed E-state index contributed by atoms with van der Waals surface area (Å²) >= 11 is 0. The minimum absolute atomic E-state index is 0.0652. The topological polar surface area (TPSA) is 124 Å². The summed E-state index contributed by atoms with van der Waals surface area (Å²) in [6.07, 6.45) is 6.26. The van der Waals surface area contributed by atoms with E-state index in [4.69, 9.17) is 0 Å². The molecule has 1 aliphatic rings. The molecular formula is C17H23N5O5S2. The number of hydrogen-bond acceptors (Lipinski definition) is 6. The lowest BCUT2D eigenvalue weighted by Gasteiger charge is -2.32. The fourth-order valence-corrected chi connectivity index (χ4v) is 7.11. The molecule has 1 amide bonds. The molecule has 0 saturated carbocycles. The van der Waals surface area contributed by atoms with Gasteiger partial charge in [-0.2, -0.15) is 8.42 Å². The van der Waals surface area contributed by atoms with Crippen molar-refractivity contribution in [3.05, 3.63) is 47.3 Å². The Morgan fingerprint density at radius 2 is 1.93 bits per heavy atom. The van der Waals surface area contributed by atoms with E-state index < -0.39 is 25.0 Å². The van der Waals surface area contributed by atoms with E-state index in [0.717, 1.165) is 0 Å². The fourth-order valence-electron chi connectivity index (χ4n) is 3.20. The summed E-state index contributed by atoms with van der Waals surface area (Å²) < 4.78 is 44.3. The zero-order valence-electron chi connectivity index (χ0n) is 16.2. The molecule has 158 valence electrons. The number of aromatic nitrogens is 3. The molecule has 0 aromatic carbocycles. The minimum atomic E-state index is -4.12. The maximum absolute atomic E-state index is 13.0.